The number of hydrogen-bond acceptors (Lipinski definition) is 3. The molecule has 2 N–H and O–H groups in total. The molecule has 1 aromatic heterocycles. The van der Waals surface area contributed by atoms with E-state index in [1.165, 1.54) is 11.1 Å². The van der Waals surface area contributed by atoms with E-state index in [1.807, 2.05) is 26.0 Å². The molecule has 2 bridgehead atoms. The van der Waals surface area contributed by atoms with Crippen LogP contribution in [-0.4, -0.2) is 22.0 Å². The van der Waals surface area contributed by atoms with E-state index in [1.54, 1.807) is 12.4 Å². The second-order valence-corrected chi connectivity index (χ2v) is 6.71. The summed E-state index contributed by atoms with van der Waals surface area (Å²) in [5, 5.41) is 12.5. The van der Waals surface area contributed by atoms with Gasteiger partial charge in [0.2, 0.25) is 5.91 Å². The van der Waals surface area contributed by atoms with Crippen molar-refractivity contribution in [2.75, 3.05) is 0 Å². The largest absolute Gasteiger partial charge is 0.481 e. The standard InChI is InChI=1S/C18H22N2O3/c1-10(2)14-12-3-4-13(14)16(18(22)23)15(12)17(21)20-9-11-5-7-19-8-6-11/h5-8,12-13,15-16H,3-4,9H2,1-2H3,(H,20,21)(H,22,23)/t12-,13-,15+,16+/m1/s1. The van der Waals surface area contributed by atoms with Gasteiger partial charge in [-0.3, -0.25) is 14.6 Å². The van der Waals surface area contributed by atoms with E-state index < -0.39 is 17.8 Å². The molecule has 2 aliphatic carbocycles. The minimum absolute atomic E-state index is 0.0270. The lowest BCUT2D eigenvalue weighted by Gasteiger charge is -2.26. The van der Waals surface area contributed by atoms with Crippen LogP contribution in [0.1, 0.15) is 32.3 Å². The molecule has 23 heavy (non-hydrogen) atoms. The van der Waals surface area contributed by atoms with Crippen LogP contribution < -0.4 is 5.32 Å². The number of aliphatic carboxylic acids is 1. The number of carbonyl (C=O) groups excluding carboxylic acids is 1. The minimum atomic E-state index is -0.847. The summed E-state index contributed by atoms with van der Waals surface area (Å²) in [7, 11) is 0. The van der Waals surface area contributed by atoms with Crippen molar-refractivity contribution in [2.45, 2.75) is 33.2 Å². The molecule has 4 atom stereocenters. The van der Waals surface area contributed by atoms with Crippen LogP contribution in [-0.2, 0) is 16.1 Å². The maximum absolute atomic E-state index is 12.7. The summed E-state index contributed by atoms with van der Waals surface area (Å²) in [6, 6.07) is 3.69. The SMILES string of the molecule is CC(C)=C1[C@H]2CC[C@H]1[C@H](C(=O)NCc1ccncc1)[C@H]2C(=O)O. The molecule has 1 aromatic rings. The van der Waals surface area contributed by atoms with Crippen LogP contribution in [0.25, 0.3) is 0 Å². The van der Waals surface area contributed by atoms with E-state index in [0.717, 1.165) is 18.4 Å². The molecule has 0 aliphatic heterocycles. The van der Waals surface area contributed by atoms with Gasteiger partial charge in [0.15, 0.2) is 0 Å². The van der Waals surface area contributed by atoms with Crippen molar-refractivity contribution in [1.82, 2.24) is 10.3 Å². The highest BCUT2D eigenvalue weighted by Crippen LogP contribution is 2.57. The van der Waals surface area contributed by atoms with Crippen LogP contribution in [0.2, 0.25) is 0 Å². The summed E-state index contributed by atoms with van der Waals surface area (Å²) in [6.45, 7) is 4.46. The lowest BCUT2D eigenvalue weighted by molar-refractivity contribution is -0.149. The summed E-state index contributed by atoms with van der Waals surface area (Å²) in [5.74, 6) is -1.91. The first-order valence-corrected chi connectivity index (χ1v) is 8.07. The molecule has 0 spiro atoms. The summed E-state index contributed by atoms with van der Waals surface area (Å²) >= 11 is 0. The maximum Gasteiger partial charge on any atom is 0.307 e. The zero-order chi connectivity index (χ0) is 16.6. The monoisotopic (exact) mass is 314 g/mol. The number of fused-ring (bicyclic) bond motifs is 2. The molecule has 1 heterocycles. The van der Waals surface area contributed by atoms with Crippen LogP contribution in [0.5, 0.6) is 0 Å². The third kappa shape index (κ3) is 2.76. The molecule has 3 rings (SSSR count). The number of hydrogen-bond donors (Lipinski definition) is 2. The number of amides is 1. The highest BCUT2D eigenvalue weighted by atomic mass is 16.4. The summed E-state index contributed by atoms with van der Waals surface area (Å²) in [6.07, 6.45) is 5.17. The van der Waals surface area contributed by atoms with Crippen molar-refractivity contribution >= 4 is 11.9 Å². The van der Waals surface area contributed by atoms with Crippen LogP contribution >= 0.6 is 0 Å². The number of nitrogens with one attached hydrogen (secondary N) is 1. The van der Waals surface area contributed by atoms with Crippen LogP contribution in [0.3, 0.4) is 0 Å². The normalized spacial score (nSPS) is 28.7. The van der Waals surface area contributed by atoms with Gasteiger partial charge in [0, 0.05) is 18.9 Å². The van der Waals surface area contributed by atoms with Gasteiger partial charge in [0.05, 0.1) is 11.8 Å². The molecule has 0 aromatic carbocycles. The Hall–Kier alpha value is -2.17. The number of rotatable bonds is 4. The summed E-state index contributed by atoms with van der Waals surface area (Å²) in [4.78, 5) is 28.4. The van der Waals surface area contributed by atoms with Crippen LogP contribution in [0.15, 0.2) is 35.7 Å². The molecule has 2 fully saturated rings. The molecule has 2 saturated carbocycles. The quantitative estimate of drug-likeness (QED) is 0.836. The van der Waals surface area contributed by atoms with Crippen molar-refractivity contribution in [3.8, 4) is 0 Å². The van der Waals surface area contributed by atoms with E-state index in [2.05, 4.69) is 10.3 Å². The molecule has 122 valence electrons. The van der Waals surface area contributed by atoms with Crippen molar-refractivity contribution in [2.24, 2.45) is 23.7 Å². The molecule has 0 saturated heterocycles. The van der Waals surface area contributed by atoms with Gasteiger partial charge in [-0.25, -0.2) is 0 Å². The summed E-state index contributed by atoms with van der Waals surface area (Å²) in [5.41, 5.74) is 3.35. The lowest BCUT2D eigenvalue weighted by atomic mass is 9.78. The van der Waals surface area contributed by atoms with Gasteiger partial charge in [0.1, 0.15) is 0 Å². The Balaban J connectivity index is 1.79. The molecular weight excluding hydrogens is 292 g/mol. The highest BCUT2D eigenvalue weighted by molar-refractivity contribution is 5.87. The molecule has 2 aliphatic rings. The number of carbonyl (C=O) groups is 2. The van der Waals surface area contributed by atoms with E-state index in [-0.39, 0.29) is 17.7 Å². The van der Waals surface area contributed by atoms with Crippen molar-refractivity contribution < 1.29 is 14.7 Å². The van der Waals surface area contributed by atoms with Crippen LogP contribution in [0.4, 0.5) is 0 Å². The molecule has 0 radical (unpaired) electrons. The molecular formula is C18H22N2O3. The first-order valence-electron chi connectivity index (χ1n) is 8.07. The number of aromatic nitrogens is 1. The van der Waals surface area contributed by atoms with Gasteiger partial charge in [-0.15, -0.1) is 0 Å². The molecule has 5 nitrogen and oxygen atoms in total. The lowest BCUT2D eigenvalue weighted by Crippen LogP contribution is -2.41. The molecule has 0 unspecified atom stereocenters. The van der Waals surface area contributed by atoms with Crippen molar-refractivity contribution in [3.63, 3.8) is 0 Å². The van der Waals surface area contributed by atoms with E-state index in [9.17, 15) is 14.7 Å². The number of nitrogens with zero attached hydrogens (tertiary/aromatic N) is 1. The third-order valence-corrected chi connectivity index (χ3v) is 5.22. The van der Waals surface area contributed by atoms with Gasteiger partial charge in [-0.05, 0) is 56.2 Å². The average Bonchev–Trinajstić information content (AvgIpc) is 3.09. The maximum atomic E-state index is 12.7. The highest BCUT2D eigenvalue weighted by Gasteiger charge is 2.57. The second kappa shape index (κ2) is 6.14. The minimum Gasteiger partial charge on any atom is -0.481 e. The van der Waals surface area contributed by atoms with Gasteiger partial charge >= 0.3 is 5.97 Å². The Morgan fingerprint density at radius 3 is 2.35 bits per heavy atom. The van der Waals surface area contributed by atoms with Crippen LogP contribution in [0, 0.1) is 23.7 Å². The zero-order valence-electron chi connectivity index (χ0n) is 13.5. The topological polar surface area (TPSA) is 79.3 Å². The number of pyridine rings is 1. The van der Waals surface area contributed by atoms with Gasteiger partial charge in [0.25, 0.3) is 0 Å². The number of allylic oxidation sites excluding steroid dienone is 2. The average molecular weight is 314 g/mol. The number of carboxylic acid groups (broad SMARTS) is 1. The van der Waals surface area contributed by atoms with Gasteiger partial charge in [-0.1, -0.05) is 11.1 Å². The molecule has 1 amide bonds. The molecule has 5 heteroatoms. The first-order chi connectivity index (χ1) is 11.0. The zero-order valence-corrected chi connectivity index (χ0v) is 13.5. The van der Waals surface area contributed by atoms with Crippen molar-refractivity contribution in [1.29, 1.82) is 0 Å². The second-order valence-electron chi connectivity index (χ2n) is 6.71. The fourth-order valence-electron chi connectivity index (χ4n) is 4.41. The van der Waals surface area contributed by atoms with Gasteiger partial charge < -0.3 is 10.4 Å². The predicted molar refractivity (Wildman–Crippen MR) is 85.3 cm³/mol. The fourth-order valence-corrected chi connectivity index (χ4v) is 4.41. The van der Waals surface area contributed by atoms with E-state index in [0.29, 0.717) is 6.54 Å². The van der Waals surface area contributed by atoms with E-state index in [4.69, 9.17) is 0 Å². The van der Waals surface area contributed by atoms with Crippen molar-refractivity contribution in [3.05, 3.63) is 41.2 Å². The predicted octanol–water partition coefficient (Wildman–Crippen LogP) is 2.39. The number of carboxylic acids is 1. The van der Waals surface area contributed by atoms with Gasteiger partial charge in [-0.2, -0.15) is 0 Å². The third-order valence-electron chi connectivity index (χ3n) is 5.22. The Kier molecular flexibility index (Phi) is 4.20. The van der Waals surface area contributed by atoms with E-state index >= 15 is 0 Å². The smallest absolute Gasteiger partial charge is 0.307 e. The Bertz CT molecular complexity index is 649. The fraction of sp³-hybridized carbons (Fsp3) is 0.500. The Morgan fingerprint density at radius 1 is 1.17 bits per heavy atom. The first kappa shape index (κ1) is 15.7. The summed E-state index contributed by atoms with van der Waals surface area (Å²) < 4.78 is 0. The Labute approximate surface area is 135 Å². The Morgan fingerprint density at radius 2 is 1.78 bits per heavy atom.